The largest absolute Gasteiger partial charge is 0.377 e. The monoisotopic (exact) mass is 282 g/mol. The van der Waals surface area contributed by atoms with Crippen molar-refractivity contribution >= 4 is 45.3 Å². The highest BCUT2D eigenvalue weighted by Gasteiger charge is 2.14. The van der Waals surface area contributed by atoms with E-state index >= 15 is 0 Å². The first kappa shape index (κ1) is 13.3. The van der Waals surface area contributed by atoms with Gasteiger partial charge in [0, 0.05) is 50.3 Å². The van der Waals surface area contributed by atoms with Gasteiger partial charge in [-0.2, -0.15) is 0 Å². The first-order valence-corrected chi connectivity index (χ1v) is 6.44. The first-order valence-electron chi connectivity index (χ1n) is 5.69. The van der Waals surface area contributed by atoms with E-state index in [4.69, 9.17) is 23.2 Å². The predicted octanol–water partition coefficient (Wildman–Crippen LogP) is 4.28. The summed E-state index contributed by atoms with van der Waals surface area (Å²) in [6.07, 6.45) is 0. The van der Waals surface area contributed by atoms with E-state index < -0.39 is 0 Å². The molecule has 0 radical (unpaired) electrons. The summed E-state index contributed by atoms with van der Waals surface area (Å²) in [7, 11) is 8.07. The second-order valence-corrected chi connectivity index (χ2v) is 5.49. The molecule has 0 atom stereocenters. The lowest BCUT2D eigenvalue weighted by Gasteiger charge is -2.22. The lowest BCUT2D eigenvalue weighted by molar-refractivity contribution is 1.12. The summed E-state index contributed by atoms with van der Waals surface area (Å²) < 4.78 is 0. The standard InChI is InChI=1S/C14H16Cl2N2/c1-17(2)11-7-5-9(15)13-10(16)6-8-12(14(11)13)18(3)4/h5-8H,1-4H3. The molecule has 0 unspecified atom stereocenters. The van der Waals surface area contributed by atoms with E-state index in [1.54, 1.807) is 0 Å². The fraction of sp³-hybridized carbons (Fsp3) is 0.286. The van der Waals surface area contributed by atoms with E-state index in [0.717, 1.165) is 22.1 Å². The Hall–Kier alpha value is -1.12. The zero-order valence-corrected chi connectivity index (χ0v) is 12.5. The molecule has 2 aromatic rings. The molecule has 0 aliphatic carbocycles. The van der Waals surface area contributed by atoms with Gasteiger partial charge in [0.2, 0.25) is 0 Å². The Balaban J connectivity index is 2.97. The summed E-state index contributed by atoms with van der Waals surface area (Å²) in [4.78, 5) is 4.14. The average Bonchev–Trinajstić information content (AvgIpc) is 2.28. The van der Waals surface area contributed by atoms with Crippen LogP contribution in [-0.2, 0) is 0 Å². The van der Waals surface area contributed by atoms with Crippen LogP contribution in [0.2, 0.25) is 10.0 Å². The Labute approximate surface area is 118 Å². The van der Waals surface area contributed by atoms with Gasteiger partial charge in [0.05, 0.1) is 10.0 Å². The second-order valence-electron chi connectivity index (χ2n) is 4.67. The fourth-order valence-electron chi connectivity index (χ4n) is 2.12. The van der Waals surface area contributed by atoms with Crippen LogP contribution < -0.4 is 9.80 Å². The van der Waals surface area contributed by atoms with Gasteiger partial charge in [-0.15, -0.1) is 0 Å². The Bertz CT molecular complexity index is 543. The number of anilines is 2. The molecule has 0 aromatic heterocycles. The highest BCUT2D eigenvalue weighted by atomic mass is 35.5. The van der Waals surface area contributed by atoms with E-state index in [2.05, 4.69) is 9.80 Å². The molecule has 0 saturated carbocycles. The SMILES string of the molecule is CN(C)c1ccc(Cl)c2c(Cl)ccc(N(C)C)c12. The van der Waals surface area contributed by atoms with E-state index in [1.807, 2.05) is 52.5 Å². The van der Waals surface area contributed by atoms with Crippen LogP contribution in [0.3, 0.4) is 0 Å². The van der Waals surface area contributed by atoms with Gasteiger partial charge in [-0.25, -0.2) is 0 Å². The van der Waals surface area contributed by atoms with Gasteiger partial charge >= 0.3 is 0 Å². The van der Waals surface area contributed by atoms with Gasteiger partial charge in [-0.1, -0.05) is 23.2 Å². The first-order chi connectivity index (χ1) is 8.43. The highest BCUT2D eigenvalue weighted by molar-refractivity contribution is 6.43. The molecular weight excluding hydrogens is 267 g/mol. The molecule has 2 rings (SSSR count). The average molecular weight is 283 g/mol. The number of benzene rings is 2. The van der Waals surface area contributed by atoms with Gasteiger partial charge in [0.25, 0.3) is 0 Å². The molecule has 0 aliphatic rings. The van der Waals surface area contributed by atoms with Crippen molar-refractivity contribution in [2.45, 2.75) is 0 Å². The van der Waals surface area contributed by atoms with Crippen LogP contribution in [0.4, 0.5) is 11.4 Å². The molecule has 0 N–H and O–H groups in total. The molecule has 4 heteroatoms. The maximum atomic E-state index is 6.29. The summed E-state index contributed by atoms with van der Waals surface area (Å²) in [6.45, 7) is 0. The third kappa shape index (κ3) is 2.11. The Morgan fingerprint density at radius 3 is 1.39 bits per heavy atom. The number of halogens is 2. The topological polar surface area (TPSA) is 6.48 Å². The molecule has 0 bridgehead atoms. The smallest absolute Gasteiger partial charge is 0.0501 e. The number of hydrogen-bond acceptors (Lipinski definition) is 2. The van der Waals surface area contributed by atoms with Crippen LogP contribution in [0.1, 0.15) is 0 Å². The van der Waals surface area contributed by atoms with Crippen molar-refractivity contribution in [3.05, 3.63) is 34.3 Å². The third-order valence-electron chi connectivity index (χ3n) is 2.98. The highest BCUT2D eigenvalue weighted by Crippen LogP contribution is 2.41. The van der Waals surface area contributed by atoms with E-state index in [9.17, 15) is 0 Å². The normalized spacial score (nSPS) is 10.8. The Kier molecular flexibility index (Phi) is 3.60. The summed E-state index contributed by atoms with van der Waals surface area (Å²) >= 11 is 12.6. The molecule has 0 fully saturated rings. The van der Waals surface area contributed by atoms with Gasteiger partial charge in [-0.05, 0) is 24.3 Å². The fourth-order valence-corrected chi connectivity index (χ4v) is 2.69. The summed E-state index contributed by atoms with van der Waals surface area (Å²) in [5.74, 6) is 0. The number of hydrogen-bond donors (Lipinski definition) is 0. The van der Waals surface area contributed by atoms with Crippen LogP contribution in [0.25, 0.3) is 10.8 Å². The van der Waals surface area contributed by atoms with Crippen molar-refractivity contribution in [1.29, 1.82) is 0 Å². The zero-order chi connectivity index (χ0) is 13.4. The summed E-state index contributed by atoms with van der Waals surface area (Å²) in [6, 6.07) is 7.83. The van der Waals surface area contributed by atoms with E-state index in [1.165, 1.54) is 0 Å². The van der Waals surface area contributed by atoms with Crippen LogP contribution in [0, 0.1) is 0 Å². The lowest BCUT2D eigenvalue weighted by Crippen LogP contribution is -2.13. The number of fused-ring (bicyclic) bond motifs is 1. The molecule has 18 heavy (non-hydrogen) atoms. The van der Waals surface area contributed by atoms with Crippen molar-refractivity contribution in [2.24, 2.45) is 0 Å². The van der Waals surface area contributed by atoms with Crippen LogP contribution >= 0.6 is 23.2 Å². The maximum Gasteiger partial charge on any atom is 0.0501 e. The van der Waals surface area contributed by atoms with Crippen molar-refractivity contribution in [2.75, 3.05) is 38.0 Å². The van der Waals surface area contributed by atoms with Crippen LogP contribution in [0.15, 0.2) is 24.3 Å². The summed E-state index contributed by atoms with van der Waals surface area (Å²) in [5, 5.41) is 3.37. The Morgan fingerprint density at radius 1 is 0.667 bits per heavy atom. The number of rotatable bonds is 2. The van der Waals surface area contributed by atoms with Gasteiger partial charge in [0.15, 0.2) is 0 Å². The van der Waals surface area contributed by atoms with E-state index in [-0.39, 0.29) is 0 Å². The zero-order valence-electron chi connectivity index (χ0n) is 11.0. The molecule has 96 valence electrons. The molecular formula is C14H16Cl2N2. The third-order valence-corrected chi connectivity index (χ3v) is 3.61. The van der Waals surface area contributed by atoms with Crippen molar-refractivity contribution in [3.8, 4) is 0 Å². The van der Waals surface area contributed by atoms with Gasteiger partial charge in [-0.3, -0.25) is 0 Å². The predicted molar refractivity (Wildman–Crippen MR) is 82.6 cm³/mol. The molecule has 0 saturated heterocycles. The molecule has 0 aliphatic heterocycles. The minimum absolute atomic E-state index is 0.685. The maximum absolute atomic E-state index is 6.29. The van der Waals surface area contributed by atoms with Crippen LogP contribution in [0.5, 0.6) is 0 Å². The quantitative estimate of drug-likeness (QED) is 0.811. The van der Waals surface area contributed by atoms with Crippen molar-refractivity contribution in [1.82, 2.24) is 0 Å². The molecule has 0 spiro atoms. The second kappa shape index (κ2) is 4.87. The summed E-state index contributed by atoms with van der Waals surface area (Å²) in [5.41, 5.74) is 2.22. The molecule has 2 nitrogen and oxygen atoms in total. The van der Waals surface area contributed by atoms with Gasteiger partial charge in [0.1, 0.15) is 0 Å². The lowest BCUT2D eigenvalue weighted by atomic mass is 10.1. The minimum atomic E-state index is 0.685. The van der Waals surface area contributed by atoms with E-state index in [0.29, 0.717) is 10.0 Å². The Morgan fingerprint density at radius 2 is 1.06 bits per heavy atom. The molecule has 2 aromatic carbocycles. The number of nitrogens with zero attached hydrogens (tertiary/aromatic N) is 2. The molecule has 0 heterocycles. The van der Waals surface area contributed by atoms with Gasteiger partial charge < -0.3 is 9.80 Å². The molecule has 0 amide bonds. The van der Waals surface area contributed by atoms with Crippen molar-refractivity contribution < 1.29 is 0 Å². The van der Waals surface area contributed by atoms with Crippen LogP contribution in [-0.4, -0.2) is 28.2 Å². The van der Waals surface area contributed by atoms with Crippen molar-refractivity contribution in [3.63, 3.8) is 0 Å². The minimum Gasteiger partial charge on any atom is -0.377 e.